The number of hydrogen-bond acceptors (Lipinski definition) is 6. The van der Waals surface area contributed by atoms with Crippen molar-refractivity contribution in [3.63, 3.8) is 0 Å². The van der Waals surface area contributed by atoms with Crippen LogP contribution in [0.5, 0.6) is 0 Å². The molecule has 152 valence electrons. The van der Waals surface area contributed by atoms with Gasteiger partial charge in [0.1, 0.15) is 11.5 Å². The molecule has 0 N–H and O–H groups in total. The molecule has 0 saturated carbocycles. The van der Waals surface area contributed by atoms with Gasteiger partial charge >= 0.3 is 0 Å². The van der Waals surface area contributed by atoms with Crippen LogP contribution in [0.4, 0.5) is 11.6 Å². The van der Waals surface area contributed by atoms with Gasteiger partial charge in [-0.1, -0.05) is 6.07 Å². The van der Waals surface area contributed by atoms with Crippen LogP contribution in [0.1, 0.15) is 41.4 Å². The second-order valence-electron chi connectivity index (χ2n) is 7.84. The van der Waals surface area contributed by atoms with Gasteiger partial charge in [0, 0.05) is 44.8 Å². The molecule has 0 aliphatic carbocycles. The molecule has 0 aromatic carbocycles. The quantitative estimate of drug-likeness (QED) is 0.792. The zero-order valence-electron chi connectivity index (χ0n) is 17.1. The predicted octanol–water partition coefficient (Wildman–Crippen LogP) is 1.97. The highest BCUT2D eigenvalue weighted by Gasteiger charge is 2.30. The van der Waals surface area contributed by atoms with Crippen LogP contribution >= 0.6 is 0 Å². The van der Waals surface area contributed by atoms with Crippen LogP contribution in [0.15, 0.2) is 24.7 Å². The molecular formula is C21H26N6O2. The molecule has 4 heterocycles. The van der Waals surface area contributed by atoms with Gasteiger partial charge in [0.15, 0.2) is 5.82 Å². The molecule has 1 unspecified atom stereocenters. The molecule has 0 bridgehead atoms. The lowest BCUT2D eigenvalue weighted by atomic mass is 10.2. The van der Waals surface area contributed by atoms with Crippen LogP contribution in [0.2, 0.25) is 0 Å². The number of aromatic nitrogens is 3. The van der Waals surface area contributed by atoms with Crippen molar-refractivity contribution in [2.45, 2.75) is 39.7 Å². The molecule has 8 nitrogen and oxygen atoms in total. The van der Waals surface area contributed by atoms with E-state index in [0.717, 1.165) is 36.5 Å². The molecule has 4 rings (SSSR count). The number of rotatable bonds is 3. The number of aryl methyl sites for hydroxylation is 2. The number of nitrogens with zero attached hydrogens (tertiary/aromatic N) is 6. The zero-order chi connectivity index (χ0) is 20.5. The zero-order valence-corrected chi connectivity index (χ0v) is 17.1. The Labute approximate surface area is 170 Å². The first-order chi connectivity index (χ1) is 13.9. The average Bonchev–Trinajstić information content (AvgIpc) is 3.06. The van der Waals surface area contributed by atoms with E-state index in [1.165, 1.54) is 12.4 Å². The molecule has 2 aliphatic heterocycles. The Morgan fingerprint density at radius 3 is 2.38 bits per heavy atom. The lowest BCUT2D eigenvalue weighted by Gasteiger charge is -2.35. The monoisotopic (exact) mass is 394 g/mol. The van der Waals surface area contributed by atoms with Crippen LogP contribution in [-0.4, -0.2) is 63.9 Å². The summed E-state index contributed by atoms with van der Waals surface area (Å²) in [6, 6.07) is 2.24. The Morgan fingerprint density at radius 1 is 1.03 bits per heavy atom. The number of carbonyl (C=O) groups excluding carboxylic acids is 2. The average molecular weight is 394 g/mol. The van der Waals surface area contributed by atoms with Gasteiger partial charge in [-0.15, -0.1) is 0 Å². The SMILES string of the molecule is Cc1cnc(N2CCN(C(=O)c3cnc(N4C(=O)CCC4C)cn3)CC2)c(C)c1. The van der Waals surface area contributed by atoms with E-state index < -0.39 is 0 Å². The number of carbonyl (C=O) groups is 2. The molecule has 1 atom stereocenters. The lowest BCUT2D eigenvalue weighted by Crippen LogP contribution is -2.49. The van der Waals surface area contributed by atoms with Crippen LogP contribution in [0, 0.1) is 13.8 Å². The molecule has 29 heavy (non-hydrogen) atoms. The second-order valence-corrected chi connectivity index (χ2v) is 7.84. The normalized spacial score (nSPS) is 19.8. The van der Waals surface area contributed by atoms with Crippen molar-refractivity contribution in [3.05, 3.63) is 41.5 Å². The van der Waals surface area contributed by atoms with E-state index in [9.17, 15) is 9.59 Å². The van der Waals surface area contributed by atoms with E-state index in [-0.39, 0.29) is 17.9 Å². The van der Waals surface area contributed by atoms with Crippen LogP contribution in [-0.2, 0) is 4.79 Å². The molecule has 2 fully saturated rings. The highest BCUT2D eigenvalue weighted by molar-refractivity contribution is 5.96. The van der Waals surface area contributed by atoms with Gasteiger partial charge in [-0.25, -0.2) is 15.0 Å². The fourth-order valence-electron chi connectivity index (χ4n) is 4.06. The Hall–Kier alpha value is -3.03. The highest BCUT2D eigenvalue weighted by atomic mass is 16.2. The van der Waals surface area contributed by atoms with Crippen molar-refractivity contribution in [2.24, 2.45) is 0 Å². The summed E-state index contributed by atoms with van der Waals surface area (Å²) in [5, 5.41) is 0. The molecule has 2 aromatic rings. The van der Waals surface area contributed by atoms with E-state index in [1.54, 1.807) is 9.80 Å². The fourth-order valence-corrected chi connectivity index (χ4v) is 4.06. The summed E-state index contributed by atoms with van der Waals surface area (Å²) in [6.07, 6.45) is 6.24. The molecular weight excluding hydrogens is 368 g/mol. The van der Waals surface area contributed by atoms with E-state index in [2.05, 4.69) is 32.8 Å². The summed E-state index contributed by atoms with van der Waals surface area (Å²) in [7, 11) is 0. The van der Waals surface area contributed by atoms with Crippen molar-refractivity contribution in [1.82, 2.24) is 19.9 Å². The van der Waals surface area contributed by atoms with Gasteiger partial charge < -0.3 is 9.80 Å². The smallest absolute Gasteiger partial charge is 0.274 e. The minimum atomic E-state index is -0.127. The van der Waals surface area contributed by atoms with E-state index >= 15 is 0 Å². The minimum absolute atomic E-state index is 0.0574. The van der Waals surface area contributed by atoms with Crippen LogP contribution in [0.3, 0.4) is 0 Å². The third-order valence-corrected chi connectivity index (χ3v) is 5.64. The summed E-state index contributed by atoms with van der Waals surface area (Å²) in [6.45, 7) is 8.78. The Bertz CT molecular complexity index is 921. The summed E-state index contributed by atoms with van der Waals surface area (Å²) >= 11 is 0. The highest BCUT2D eigenvalue weighted by Crippen LogP contribution is 2.24. The van der Waals surface area contributed by atoms with Crippen LogP contribution in [0.25, 0.3) is 0 Å². The standard InChI is InChI=1S/C21H26N6O2/c1-14-10-15(2)20(24-11-14)25-6-8-26(9-7-25)21(29)17-12-23-18(13-22-17)27-16(3)4-5-19(27)28/h10-13,16H,4-9H2,1-3H3. The Balaban J connectivity index is 1.40. The molecule has 0 radical (unpaired) electrons. The Kier molecular flexibility index (Phi) is 5.17. The van der Waals surface area contributed by atoms with Crippen molar-refractivity contribution < 1.29 is 9.59 Å². The topological polar surface area (TPSA) is 82.5 Å². The maximum atomic E-state index is 12.8. The number of anilines is 2. The number of amides is 2. The van der Waals surface area contributed by atoms with Crippen molar-refractivity contribution in [3.8, 4) is 0 Å². The second kappa shape index (κ2) is 7.77. The maximum Gasteiger partial charge on any atom is 0.274 e. The molecule has 8 heteroatoms. The van der Waals surface area contributed by atoms with Crippen molar-refractivity contribution >= 4 is 23.5 Å². The van der Waals surface area contributed by atoms with Gasteiger partial charge in [0.2, 0.25) is 5.91 Å². The Morgan fingerprint density at radius 2 is 1.79 bits per heavy atom. The summed E-state index contributed by atoms with van der Waals surface area (Å²) < 4.78 is 0. The number of hydrogen-bond donors (Lipinski definition) is 0. The molecule has 2 aliphatic rings. The molecule has 2 amide bonds. The molecule has 0 spiro atoms. The van der Waals surface area contributed by atoms with E-state index in [1.807, 2.05) is 20.0 Å². The van der Waals surface area contributed by atoms with Crippen molar-refractivity contribution in [2.75, 3.05) is 36.0 Å². The third kappa shape index (κ3) is 3.79. The van der Waals surface area contributed by atoms with Gasteiger partial charge in [0.25, 0.3) is 5.91 Å². The number of piperazine rings is 1. The minimum Gasteiger partial charge on any atom is -0.353 e. The third-order valence-electron chi connectivity index (χ3n) is 5.64. The summed E-state index contributed by atoms with van der Waals surface area (Å²) in [5.74, 6) is 1.43. The van der Waals surface area contributed by atoms with Gasteiger partial charge in [-0.05, 0) is 38.3 Å². The first-order valence-electron chi connectivity index (χ1n) is 10.1. The van der Waals surface area contributed by atoms with Gasteiger partial charge in [-0.2, -0.15) is 0 Å². The summed E-state index contributed by atoms with van der Waals surface area (Å²) in [4.78, 5) is 43.7. The van der Waals surface area contributed by atoms with Gasteiger partial charge in [-0.3, -0.25) is 14.5 Å². The van der Waals surface area contributed by atoms with Crippen LogP contribution < -0.4 is 9.80 Å². The summed E-state index contributed by atoms with van der Waals surface area (Å²) in [5.41, 5.74) is 2.61. The van der Waals surface area contributed by atoms with Gasteiger partial charge in [0.05, 0.1) is 12.4 Å². The molecule has 2 aromatic heterocycles. The predicted molar refractivity (Wildman–Crippen MR) is 110 cm³/mol. The fraction of sp³-hybridized carbons (Fsp3) is 0.476. The number of pyridine rings is 1. The lowest BCUT2D eigenvalue weighted by molar-refractivity contribution is -0.117. The molecule has 2 saturated heterocycles. The largest absolute Gasteiger partial charge is 0.353 e. The first-order valence-corrected chi connectivity index (χ1v) is 10.1. The van der Waals surface area contributed by atoms with E-state index in [4.69, 9.17) is 0 Å². The van der Waals surface area contributed by atoms with Crippen molar-refractivity contribution in [1.29, 1.82) is 0 Å². The maximum absolute atomic E-state index is 12.8. The van der Waals surface area contributed by atoms with E-state index in [0.29, 0.717) is 31.0 Å². The first kappa shape index (κ1) is 19.3.